The Hall–Kier alpha value is -3.87. The van der Waals surface area contributed by atoms with Crippen LogP contribution in [0.3, 0.4) is 0 Å². The fourth-order valence-corrected chi connectivity index (χ4v) is 3.74. The van der Waals surface area contributed by atoms with Crippen LogP contribution in [0.15, 0.2) is 72.9 Å². The highest BCUT2D eigenvalue weighted by molar-refractivity contribution is 5.77. The van der Waals surface area contributed by atoms with E-state index in [4.69, 9.17) is 0 Å². The minimum atomic E-state index is -0.267. The van der Waals surface area contributed by atoms with E-state index in [9.17, 15) is 9.18 Å². The Bertz CT molecular complexity index is 1240. The third-order valence-electron chi connectivity index (χ3n) is 5.56. The molecule has 0 bridgehead atoms. The summed E-state index contributed by atoms with van der Waals surface area (Å²) in [6.07, 6.45) is 3.60. The van der Waals surface area contributed by atoms with Crippen molar-refractivity contribution in [3.05, 3.63) is 90.0 Å². The second-order valence-corrected chi connectivity index (χ2v) is 8.60. The van der Waals surface area contributed by atoms with Gasteiger partial charge in [0.05, 0.1) is 0 Å². The number of hydrogen-bond donors (Lipinski definition) is 0. The molecule has 0 spiro atoms. The van der Waals surface area contributed by atoms with Crippen molar-refractivity contribution in [1.82, 2.24) is 24.6 Å². The predicted octanol–water partition coefficient (Wildman–Crippen LogP) is 6.10. The number of aromatic nitrogens is 4. The van der Waals surface area contributed by atoms with Gasteiger partial charge in [-0.15, -0.1) is 5.10 Å². The van der Waals surface area contributed by atoms with Gasteiger partial charge in [-0.1, -0.05) is 50.2 Å². The number of benzene rings is 2. The molecule has 0 saturated heterocycles. The molecule has 188 valence electrons. The molecule has 1 amide bonds. The van der Waals surface area contributed by atoms with E-state index in [1.54, 1.807) is 29.9 Å². The van der Waals surface area contributed by atoms with Crippen molar-refractivity contribution in [3.8, 4) is 22.8 Å². The number of hydrogen-bond acceptors (Lipinski definition) is 4. The topological polar surface area (TPSA) is 63.9 Å². The van der Waals surface area contributed by atoms with Crippen molar-refractivity contribution >= 4 is 5.91 Å². The summed E-state index contributed by atoms with van der Waals surface area (Å²) in [6.45, 7) is 9.35. The van der Waals surface area contributed by atoms with Gasteiger partial charge in [-0.3, -0.25) is 9.78 Å². The summed E-state index contributed by atoms with van der Waals surface area (Å²) in [5, 5.41) is 4.62. The molecule has 6 nitrogen and oxygen atoms in total. The number of amides is 1. The Morgan fingerprint density at radius 3 is 2.17 bits per heavy atom. The lowest BCUT2D eigenvalue weighted by molar-refractivity contribution is -0.132. The highest BCUT2D eigenvalue weighted by Gasteiger charge is 2.19. The molecular formula is C29H34FN5O. The number of rotatable bonds is 8. The van der Waals surface area contributed by atoms with Crippen LogP contribution in [0.5, 0.6) is 0 Å². The highest BCUT2D eigenvalue weighted by Crippen LogP contribution is 2.24. The third kappa shape index (κ3) is 7.31. The first kappa shape index (κ1) is 26.7. The number of halogens is 1. The van der Waals surface area contributed by atoms with Gasteiger partial charge in [-0.2, -0.15) is 0 Å². The van der Waals surface area contributed by atoms with Crippen LogP contribution in [-0.2, 0) is 11.3 Å². The maximum atomic E-state index is 13.8. The van der Waals surface area contributed by atoms with Gasteiger partial charge in [-0.25, -0.2) is 14.1 Å². The van der Waals surface area contributed by atoms with Gasteiger partial charge in [0.15, 0.2) is 11.6 Å². The molecule has 4 rings (SSSR count). The average Bonchev–Trinajstić information content (AvgIpc) is 3.30. The van der Waals surface area contributed by atoms with Crippen molar-refractivity contribution in [3.63, 3.8) is 0 Å². The van der Waals surface area contributed by atoms with Gasteiger partial charge in [0.1, 0.15) is 12.4 Å². The Morgan fingerprint density at radius 2 is 1.61 bits per heavy atom. The maximum Gasteiger partial charge on any atom is 0.244 e. The largest absolute Gasteiger partial charge is 0.341 e. The Labute approximate surface area is 212 Å². The van der Waals surface area contributed by atoms with Crippen LogP contribution >= 0.6 is 0 Å². The number of nitrogens with zero attached hydrogens (tertiary/aromatic N) is 5. The van der Waals surface area contributed by atoms with E-state index < -0.39 is 0 Å². The molecule has 2 aromatic carbocycles. The van der Waals surface area contributed by atoms with Gasteiger partial charge in [0, 0.05) is 36.1 Å². The van der Waals surface area contributed by atoms with E-state index in [0.717, 1.165) is 42.8 Å². The smallest absolute Gasteiger partial charge is 0.244 e. The number of pyridine rings is 1. The molecular weight excluding hydrogens is 453 g/mol. The van der Waals surface area contributed by atoms with Crippen molar-refractivity contribution in [2.24, 2.45) is 0 Å². The lowest BCUT2D eigenvalue weighted by Gasteiger charge is -2.21. The summed E-state index contributed by atoms with van der Waals surface area (Å²) < 4.78 is 15.4. The van der Waals surface area contributed by atoms with Crippen LogP contribution < -0.4 is 0 Å². The molecule has 0 aliphatic heterocycles. The number of carbonyl (C=O) groups is 1. The fourth-order valence-electron chi connectivity index (χ4n) is 3.74. The minimum absolute atomic E-state index is 0.0123. The molecule has 0 atom stereocenters. The van der Waals surface area contributed by atoms with Crippen molar-refractivity contribution < 1.29 is 9.18 Å². The van der Waals surface area contributed by atoms with Crippen LogP contribution in [0.25, 0.3) is 22.8 Å². The highest BCUT2D eigenvalue weighted by atomic mass is 19.1. The fraction of sp³-hybridized carbons (Fsp3) is 0.310. The molecule has 2 heterocycles. The predicted molar refractivity (Wildman–Crippen MR) is 142 cm³/mol. The van der Waals surface area contributed by atoms with E-state index >= 15 is 0 Å². The second kappa shape index (κ2) is 13.3. The lowest BCUT2D eigenvalue weighted by Crippen LogP contribution is -2.35. The maximum absolute atomic E-state index is 13.8. The Morgan fingerprint density at radius 1 is 0.917 bits per heavy atom. The van der Waals surface area contributed by atoms with Gasteiger partial charge < -0.3 is 4.90 Å². The molecule has 0 radical (unpaired) electrons. The van der Waals surface area contributed by atoms with Crippen LogP contribution in [0.2, 0.25) is 0 Å². The molecule has 0 aliphatic carbocycles. The van der Waals surface area contributed by atoms with E-state index in [0.29, 0.717) is 17.2 Å². The van der Waals surface area contributed by atoms with E-state index in [2.05, 4.69) is 28.9 Å². The van der Waals surface area contributed by atoms with E-state index in [1.165, 1.54) is 6.07 Å². The van der Waals surface area contributed by atoms with Crippen LogP contribution in [0, 0.1) is 19.7 Å². The monoisotopic (exact) mass is 487 g/mol. The molecule has 0 N–H and O–H groups in total. The zero-order valence-electron chi connectivity index (χ0n) is 21.5. The summed E-state index contributed by atoms with van der Waals surface area (Å²) >= 11 is 0. The minimum Gasteiger partial charge on any atom is -0.341 e. The van der Waals surface area contributed by atoms with Crippen LogP contribution in [-0.4, -0.2) is 43.6 Å². The lowest BCUT2D eigenvalue weighted by atomic mass is 10.1. The van der Waals surface area contributed by atoms with Crippen LogP contribution in [0.4, 0.5) is 4.39 Å². The van der Waals surface area contributed by atoms with Crippen molar-refractivity contribution in [2.75, 3.05) is 13.1 Å². The Kier molecular flexibility index (Phi) is 9.86. The molecule has 4 aromatic rings. The molecule has 0 aliphatic rings. The van der Waals surface area contributed by atoms with Crippen LogP contribution in [0.1, 0.15) is 37.9 Å². The summed E-state index contributed by atoms with van der Waals surface area (Å²) in [6, 6.07) is 20.3. The molecule has 36 heavy (non-hydrogen) atoms. The zero-order chi connectivity index (χ0) is 25.9. The average molecular weight is 488 g/mol. The quantitative estimate of drug-likeness (QED) is 0.301. The molecule has 0 fully saturated rings. The van der Waals surface area contributed by atoms with Gasteiger partial charge in [-0.05, 0) is 62.6 Å². The molecule has 2 aromatic heterocycles. The zero-order valence-corrected chi connectivity index (χ0v) is 21.5. The first-order chi connectivity index (χ1) is 17.4. The standard InChI is InChI=1S/C23H27FN4O.C6H7N/c1-4-13-27(14-5-2)21(29)16-28-23(19-11-12-20(24)17(3)15-19)25-22(26-28)18-9-7-6-8-10-18;1-6-4-2-3-5-7-6/h6-12,15H,4-5,13-14,16H2,1-3H3;2-5H,1H3. The summed E-state index contributed by atoms with van der Waals surface area (Å²) in [4.78, 5) is 23.4. The first-order valence-electron chi connectivity index (χ1n) is 12.3. The third-order valence-corrected chi connectivity index (χ3v) is 5.56. The van der Waals surface area contributed by atoms with E-state index in [-0.39, 0.29) is 18.3 Å². The van der Waals surface area contributed by atoms with Crippen molar-refractivity contribution in [1.29, 1.82) is 0 Å². The number of aryl methyl sites for hydroxylation is 2. The molecule has 0 unspecified atom stereocenters. The van der Waals surface area contributed by atoms with Gasteiger partial charge in [0.25, 0.3) is 0 Å². The number of carbonyl (C=O) groups excluding carboxylic acids is 1. The summed E-state index contributed by atoms with van der Waals surface area (Å²) in [5.74, 6) is 0.857. The van der Waals surface area contributed by atoms with E-state index in [1.807, 2.05) is 60.4 Å². The second-order valence-electron chi connectivity index (χ2n) is 8.60. The molecule has 0 saturated carbocycles. The Balaban J connectivity index is 0.000000444. The van der Waals surface area contributed by atoms with Crippen molar-refractivity contribution in [2.45, 2.75) is 47.1 Å². The normalized spacial score (nSPS) is 10.5. The summed E-state index contributed by atoms with van der Waals surface area (Å²) in [7, 11) is 0. The SMILES string of the molecule is CCCN(CCC)C(=O)Cn1nc(-c2ccccc2)nc1-c1ccc(F)c(C)c1.Cc1ccccn1. The summed E-state index contributed by atoms with van der Waals surface area (Å²) in [5.41, 5.74) is 3.22. The first-order valence-corrected chi connectivity index (χ1v) is 12.3. The molecule has 7 heteroatoms. The van der Waals surface area contributed by atoms with Gasteiger partial charge in [0.2, 0.25) is 5.91 Å². The van der Waals surface area contributed by atoms with Gasteiger partial charge >= 0.3 is 0 Å².